The highest BCUT2D eigenvalue weighted by molar-refractivity contribution is 6.00. The highest BCUT2D eigenvalue weighted by Gasteiger charge is 2.19. The molecule has 3 aromatic heterocycles. The van der Waals surface area contributed by atoms with E-state index < -0.39 is 0 Å². The van der Waals surface area contributed by atoms with Crippen LogP contribution in [0, 0.1) is 0 Å². The van der Waals surface area contributed by atoms with Gasteiger partial charge in [-0.15, -0.1) is 0 Å². The fourth-order valence-corrected chi connectivity index (χ4v) is 7.95. The molecule has 0 N–H and O–H groups in total. The van der Waals surface area contributed by atoms with Crippen LogP contribution >= 0.6 is 0 Å². The third-order valence-corrected chi connectivity index (χ3v) is 10.6. The lowest BCUT2D eigenvalue weighted by Crippen LogP contribution is -2.10. The molecule has 5 nitrogen and oxygen atoms in total. The number of hydrogen-bond donors (Lipinski definition) is 0. The molecule has 0 radical (unpaired) electrons. The summed E-state index contributed by atoms with van der Waals surface area (Å²) in [5.41, 5.74) is 12.1. The first kappa shape index (κ1) is 33.8. The van der Waals surface area contributed by atoms with Crippen LogP contribution in [0.25, 0.3) is 49.7 Å². The SMILES string of the molecule is c1ccc(-n2c(-c3ccc(N(c4ccncc4)c4cccc5ccccc45)cc3)ccc2-c2ccc(N(c3ccncc3)c3cccc4ccccc34)cc2)cc1. The zero-order valence-electron chi connectivity index (χ0n) is 31.1. The van der Waals surface area contributed by atoms with E-state index in [9.17, 15) is 0 Å². The van der Waals surface area contributed by atoms with Crippen molar-refractivity contribution >= 4 is 55.7 Å². The van der Waals surface area contributed by atoms with E-state index in [-0.39, 0.29) is 0 Å². The quantitative estimate of drug-likeness (QED) is 0.148. The number of rotatable bonds is 9. The summed E-state index contributed by atoms with van der Waals surface area (Å²) in [7, 11) is 0. The molecule has 0 aliphatic carbocycles. The minimum absolute atomic E-state index is 1.05. The number of benzene rings is 7. The maximum absolute atomic E-state index is 4.31. The van der Waals surface area contributed by atoms with Gasteiger partial charge >= 0.3 is 0 Å². The summed E-state index contributed by atoms with van der Waals surface area (Å²) in [6.45, 7) is 0. The molecular weight excluding hydrogens is 695 g/mol. The number of hydrogen-bond acceptors (Lipinski definition) is 4. The molecule has 0 spiro atoms. The van der Waals surface area contributed by atoms with Crippen LogP contribution in [0.4, 0.5) is 34.1 Å². The molecule has 10 rings (SSSR count). The smallest absolute Gasteiger partial charge is 0.0540 e. The van der Waals surface area contributed by atoms with Crippen LogP contribution in [0.5, 0.6) is 0 Å². The Bertz CT molecular complexity index is 2750. The van der Waals surface area contributed by atoms with Crippen molar-refractivity contribution in [2.75, 3.05) is 9.80 Å². The third-order valence-electron chi connectivity index (χ3n) is 10.6. The predicted molar refractivity (Wildman–Crippen MR) is 237 cm³/mol. The average Bonchev–Trinajstić information content (AvgIpc) is 3.74. The summed E-state index contributed by atoms with van der Waals surface area (Å²) in [4.78, 5) is 13.2. The van der Waals surface area contributed by atoms with Crippen molar-refractivity contribution in [3.05, 3.63) is 225 Å². The molecule has 0 saturated carbocycles. The van der Waals surface area contributed by atoms with E-state index in [0.717, 1.165) is 62.3 Å². The first-order valence-electron chi connectivity index (χ1n) is 19.1. The van der Waals surface area contributed by atoms with E-state index in [1.54, 1.807) is 0 Å². The second kappa shape index (κ2) is 14.8. The van der Waals surface area contributed by atoms with Crippen molar-refractivity contribution in [2.45, 2.75) is 0 Å². The lowest BCUT2D eigenvalue weighted by molar-refractivity contribution is 1.09. The van der Waals surface area contributed by atoms with Gasteiger partial charge in [-0.2, -0.15) is 0 Å². The van der Waals surface area contributed by atoms with Gasteiger partial charge in [0.1, 0.15) is 0 Å². The van der Waals surface area contributed by atoms with E-state index in [2.05, 4.69) is 225 Å². The number of para-hydroxylation sites is 1. The van der Waals surface area contributed by atoms with Gasteiger partial charge in [-0.05, 0) is 107 Å². The number of aromatic nitrogens is 3. The Morgan fingerprint density at radius 2 is 0.702 bits per heavy atom. The molecular formula is C52H37N5. The van der Waals surface area contributed by atoms with Crippen LogP contribution in [-0.4, -0.2) is 14.5 Å². The van der Waals surface area contributed by atoms with Crippen LogP contribution in [0.1, 0.15) is 0 Å². The molecule has 5 heteroatoms. The summed E-state index contributed by atoms with van der Waals surface area (Å²) in [5.74, 6) is 0. The molecule has 10 aromatic rings. The topological polar surface area (TPSA) is 37.2 Å². The zero-order valence-corrected chi connectivity index (χ0v) is 31.1. The molecule has 0 bridgehead atoms. The molecule has 0 fully saturated rings. The van der Waals surface area contributed by atoms with Crippen molar-refractivity contribution in [2.24, 2.45) is 0 Å². The Labute approximate surface area is 332 Å². The largest absolute Gasteiger partial charge is 0.310 e. The van der Waals surface area contributed by atoms with Crippen molar-refractivity contribution in [3.8, 4) is 28.2 Å². The first-order valence-corrected chi connectivity index (χ1v) is 19.1. The van der Waals surface area contributed by atoms with Crippen LogP contribution in [0.2, 0.25) is 0 Å². The fourth-order valence-electron chi connectivity index (χ4n) is 7.95. The highest BCUT2D eigenvalue weighted by atomic mass is 15.2. The van der Waals surface area contributed by atoms with E-state index in [4.69, 9.17) is 0 Å². The van der Waals surface area contributed by atoms with Gasteiger partial charge in [0.25, 0.3) is 0 Å². The molecule has 270 valence electrons. The normalized spacial score (nSPS) is 11.2. The molecule has 0 atom stereocenters. The van der Waals surface area contributed by atoms with Crippen molar-refractivity contribution in [3.63, 3.8) is 0 Å². The summed E-state index contributed by atoms with van der Waals surface area (Å²) in [5, 5.41) is 4.78. The average molecular weight is 732 g/mol. The Morgan fingerprint density at radius 1 is 0.316 bits per heavy atom. The standard InChI is InChI=1S/C52H37N5/c1-2-14-42(15-3-1)57-49(40-20-24-43(25-21-40)55(45-30-34-53-35-31-45)51-18-8-12-38-10-4-6-16-47(38)51)28-29-50(57)41-22-26-44(27-23-41)56(46-32-36-54-37-33-46)52-19-9-13-39-11-5-7-17-48(39)52/h1-37H. The molecule has 0 aliphatic rings. The third kappa shape index (κ3) is 6.37. The van der Waals surface area contributed by atoms with Gasteiger partial charge in [-0.25, -0.2) is 0 Å². The first-order chi connectivity index (χ1) is 28.3. The second-order valence-corrected chi connectivity index (χ2v) is 13.9. The Morgan fingerprint density at radius 3 is 1.16 bits per heavy atom. The van der Waals surface area contributed by atoms with Crippen LogP contribution in [0.3, 0.4) is 0 Å². The van der Waals surface area contributed by atoms with E-state index in [0.29, 0.717) is 0 Å². The number of anilines is 6. The van der Waals surface area contributed by atoms with Crippen LogP contribution in [0.15, 0.2) is 225 Å². The minimum atomic E-state index is 1.05. The Hall–Kier alpha value is -7.76. The summed E-state index contributed by atoms with van der Waals surface area (Å²) < 4.78 is 2.36. The zero-order chi connectivity index (χ0) is 38.0. The van der Waals surface area contributed by atoms with Gasteiger partial charge in [0.2, 0.25) is 0 Å². The summed E-state index contributed by atoms with van der Waals surface area (Å²) in [6.07, 6.45) is 7.40. The van der Waals surface area contributed by atoms with Crippen LogP contribution in [-0.2, 0) is 0 Å². The van der Waals surface area contributed by atoms with Gasteiger partial charge < -0.3 is 14.4 Å². The number of nitrogens with zero attached hydrogens (tertiary/aromatic N) is 5. The predicted octanol–water partition coefficient (Wildman–Crippen LogP) is 13.8. The summed E-state index contributed by atoms with van der Waals surface area (Å²) in [6, 6.07) is 71.2. The summed E-state index contributed by atoms with van der Waals surface area (Å²) >= 11 is 0. The van der Waals surface area contributed by atoms with Gasteiger partial charge in [-0.1, -0.05) is 115 Å². The number of pyridine rings is 2. The highest BCUT2D eigenvalue weighted by Crippen LogP contribution is 2.42. The van der Waals surface area contributed by atoms with E-state index in [1.807, 2.05) is 24.8 Å². The lowest BCUT2D eigenvalue weighted by atomic mass is 10.1. The molecule has 0 unspecified atom stereocenters. The van der Waals surface area contributed by atoms with Crippen molar-refractivity contribution in [1.82, 2.24) is 14.5 Å². The molecule has 3 heterocycles. The number of fused-ring (bicyclic) bond motifs is 2. The molecule has 57 heavy (non-hydrogen) atoms. The van der Waals surface area contributed by atoms with E-state index in [1.165, 1.54) is 21.5 Å². The van der Waals surface area contributed by atoms with Gasteiger partial charge in [0, 0.05) is 64.0 Å². The molecule has 0 saturated heterocycles. The van der Waals surface area contributed by atoms with Crippen molar-refractivity contribution < 1.29 is 0 Å². The minimum Gasteiger partial charge on any atom is -0.310 e. The Balaban J connectivity index is 1.05. The molecule has 0 aliphatic heterocycles. The van der Waals surface area contributed by atoms with Gasteiger partial charge in [0.05, 0.1) is 22.8 Å². The van der Waals surface area contributed by atoms with Gasteiger partial charge in [-0.3, -0.25) is 9.97 Å². The maximum atomic E-state index is 4.31. The monoisotopic (exact) mass is 731 g/mol. The Kier molecular flexibility index (Phi) is 8.78. The van der Waals surface area contributed by atoms with E-state index >= 15 is 0 Å². The van der Waals surface area contributed by atoms with Crippen molar-refractivity contribution in [1.29, 1.82) is 0 Å². The fraction of sp³-hybridized carbons (Fsp3) is 0. The maximum Gasteiger partial charge on any atom is 0.0540 e. The van der Waals surface area contributed by atoms with Gasteiger partial charge in [0.15, 0.2) is 0 Å². The molecule has 0 amide bonds. The van der Waals surface area contributed by atoms with Crippen LogP contribution < -0.4 is 9.80 Å². The molecule has 7 aromatic carbocycles. The second-order valence-electron chi connectivity index (χ2n) is 13.9. The lowest BCUT2D eigenvalue weighted by Gasteiger charge is -2.27.